The van der Waals surface area contributed by atoms with E-state index in [9.17, 15) is 8.42 Å². The average Bonchev–Trinajstić information content (AvgIpc) is 2.64. The van der Waals surface area contributed by atoms with Crippen LogP contribution in [0.3, 0.4) is 0 Å². The number of anilines is 1. The molecule has 0 aromatic heterocycles. The molecule has 2 aromatic rings. The zero-order valence-electron chi connectivity index (χ0n) is 16.0. The zero-order valence-corrected chi connectivity index (χ0v) is 18.9. The molecule has 1 aliphatic heterocycles. The topological polar surface area (TPSA) is 58.6 Å². The van der Waals surface area contributed by atoms with Crippen LogP contribution in [0.15, 0.2) is 47.4 Å². The van der Waals surface area contributed by atoms with E-state index in [1.807, 2.05) is 19.1 Å². The first kappa shape index (κ1) is 20.2. The summed E-state index contributed by atoms with van der Waals surface area (Å²) < 4.78 is 35.5. The fraction of sp³-hybridized carbons (Fsp3) is 0.400. The van der Waals surface area contributed by atoms with Crippen molar-refractivity contribution in [2.24, 2.45) is 0 Å². The second-order valence-corrected chi connectivity index (χ2v) is 12.2. The molecular formula is C20H27AsN2O3S. The van der Waals surface area contributed by atoms with Gasteiger partial charge in [0, 0.05) is 0 Å². The molecule has 0 radical (unpaired) electrons. The number of nitrogens with one attached hydrogen (secondary N) is 1. The summed E-state index contributed by atoms with van der Waals surface area (Å²) in [6.07, 6.45) is 2.41. The van der Waals surface area contributed by atoms with E-state index in [0.29, 0.717) is 5.69 Å². The number of hydrogen-bond acceptors (Lipinski definition) is 4. The van der Waals surface area contributed by atoms with E-state index in [0.717, 1.165) is 29.1 Å². The van der Waals surface area contributed by atoms with Crippen molar-refractivity contribution in [3.05, 3.63) is 48.0 Å². The van der Waals surface area contributed by atoms with Gasteiger partial charge < -0.3 is 0 Å². The number of nitrogens with zero attached hydrogens (tertiary/aromatic N) is 1. The summed E-state index contributed by atoms with van der Waals surface area (Å²) in [7, 11) is 0.250. The van der Waals surface area contributed by atoms with Crippen molar-refractivity contribution in [2.45, 2.75) is 29.4 Å². The van der Waals surface area contributed by atoms with Gasteiger partial charge in [-0.3, -0.25) is 0 Å². The Bertz CT molecular complexity index is 877. The van der Waals surface area contributed by atoms with Crippen molar-refractivity contribution in [3.8, 4) is 5.75 Å². The van der Waals surface area contributed by atoms with Crippen molar-refractivity contribution in [1.82, 2.24) is 4.90 Å². The maximum atomic E-state index is 12.7. The van der Waals surface area contributed by atoms with Gasteiger partial charge in [-0.1, -0.05) is 0 Å². The van der Waals surface area contributed by atoms with Crippen LogP contribution in [0.1, 0.15) is 18.4 Å². The number of methoxy groups -OCH3 is 1. The first-order chi connectivity index (χ1) is 12.9. The summed E-state index contributed by atoms with van der Waals surface area (Å²) in [4.78, 5) is 2.64. The first-order valence-electron chi connectivity index (χ1n) is 9.10. The van der Waals surface area contributed by atoms with E-state index < -0.39 is 25.8 Å². The van der Waals surface area contributed by atoms with Gasteiger partial charge in [0.05, 0.1) is 0 Å². The standard InChI is InChI=1S/C20H27AsN2O3S/c1-15-4-7-18(8-5-15)27(24,25)22-17-6-9-20(26-3)19(14-17)21-16-10-12-23(2)13-11-16/h4-9,14,16,21-22H,10-13H2,1-3H3. The Morgan fingerprint density at radius 3 is 2.41 bits per heavy atom. The third kappa shape index (κ3) is 5.28. The molecule has 1 atom stereocenters. The summed E-state index contributed by atoms with van der Waals surface area (Å²) in [5.74, 6) is 0.868. The number of benzene rings is 2. The van der Waals surface area contributed by atoms with Crippen molar-refractivity contribution in [3.63, 3.8) is 0 Å². The Morgan fingerprint density at radius 1 is 1.11 bits per heavy atom. The van der Waals surface area contributed by atoms with Gasteiger partial charge in [-0.15, -0.1) is 0 Å². The van der Waals surface area contributed by atoms with Crippen LogP contribution in [0.5, 0.6) is 5.75 Å². The molecule has 27 heavy (non-hydrogen) atoms. The fourth-order valence-electron chi connectivity index (χ4n) is 3.19. The maximum absolute atomic E-state index is 12.7. The molecule has 1 unspecified atom stereocenters. The molecule has 3 rings (SSSR count). The summed E-state index contributed by atoms with van der Waals surface area (Å²) in [6.45, 7) is 4.21. The van der Waals surface area contributed by atoms with Crippen molar-refractivity contribution >= 4 is 35.8 Å². The van der Waals surface area contributed by atoms with Crippen LogP contribution in [-0.4, -0.2) is 56.3 Å². The Balaban J connectivity index is 1.79. The van der Waals surface area contributed by atoms with E-state index in [2.05, 4.69) is 16.7 Å². The number of hydrogen-bond donors (Lipinski definition) is 1. The van der Waals surface area contributed by atoms with Crippen LogP contribution >= 0.6 is 0 Å². The molecule has 1 fully saturated rings. The second kappa shape index (κ2) is 8.68. The minimum atomic E-state index is -3.59. The summed E-state index contributed by atoms with van der Waals surface area (Å²) in [5, 5.41) is 0. The van der Waals surface area contributed by atoms with E-state index in [1.165, 1.54) is 17.2 Å². The van der Waals surface area contributed by atoms with Gasteiger partial charge in [0.2, 0.25) is 0 Å². The molecule has 1 heterocycles. The number of sulfonamides is 1. The third-order valence-electron chi connectivity index (χ3n) is 4.86. The number of rotatable bonds is 6. The molecular weight excluding hydrogens is 423 g/mol. The van der Waals surface area contributed by atoms with Crippen LogP contribution in [0.2, 0.25) is 4.71 Å². The monoisotopic (exact) mass is 450 g/mol. The Kier molecular flexibility index (Phi) is 6.51. The number of aryl methyl sites for hydroxylation is 1. The SMILES string of the molecule is COc1ccc(NS(=O)(=O)c2ccc(C)cc2)cc1[AsH]C1CCN(C)CC1. The summed E-state index contributed by atoms with van der Waals surface area (Å²) in [5.41, 5.74) is 1.63. The number of piperidine rings is 1. The molecule has 0 amide bonds. The van der Waals surface area contributed by atoms with Crippen LogP contribution < -0.4 is 13.8 Å². The average molecular weight is 450 g/mol. The van der Waals surface area contributed by atoms with Gasteiger partial charge in [0.25, 0.3) is 0 Å². The van der Waals surface area contributed by atoms with E-state index >= 15 is 0 Å². The summed E-state index contributed by atoms with van der Waals surface area (Å²) in [6, 6.07) is 12.5. The number of likely N-dealkylation sites (tertiary alicyclic amines) is 1. The van der Waals surface area contributed by atoms with Crippen molar-refractivity contribution < 1.29 is 13.2 Å². The quantitative estimate of drug-likeness (QED) is 0.687. The molecule has 1 aliphatic rings. The normalized spacial score (nSPS) is 16.7. The van der Waals surface area contributed by atoms with Crippen molar-refractivity contribution in [2.75, 3.05) is 32.0 Å². The van der Waals surface area contributed by atoms with Gasteiger partial charge in [-0.2, -0.15) is 0 Å². The Labute approximate surface area is 168 Å². The Morgan fingerprint density at radius 2 is 1.78 bits per heavy atom. The van der Waals surface area contributed by atoms with Gasteiger partial charge in [-0.25, -0.2) is 0 Å². The van der Waals surface area contributed by atoms with E-state index in [1.54, 1.807) is 37.4 Å². The van der Waals surface area contributed by atoms with Gasteiger partial charge in [-0.05, 0) is 0 Å². The van der Waals surface area contributed by atoms with Gasteiger partial charge in [0.15, 0.2) is 0 Å². The van der Waals surface area contributed by atoms with Crippen LogP contribution in [0.4, 0.5) is 5.69 Å². The zero-order chi connectivity index (χ0) is 19.4. The third-order valence-corrected chi connectivity index (χ3v) is 9.80. The minimum absolute atomic E-state index is 0.275. The Hall–Kier alpha value is -1.49. The van der Waals surface area contributed by atoms with Gasteiger partial charge >= 0.3 is 169 Å². The molecule has 1 N–H and O–H groups in total. The fourth-order valence-corrected chi connectivity index (χ4v) is 7.50. The van der Waals surface area contributed by atoms with Crippen LogP contribution in [0.25, 0.3) is 0 Å². The molecule has 1 saturated heterocycles. The van der Waals surface area contributed by atoms with E-state index in [-0.39, 0.29) is 4.90 Å². The molecule has 0 spiro atoms. The summed E-state index contributed by atoms with van der Waals surface area (Å²) >= 11 is -0.404. The molecule has 0 saturated carbocycles. The molecule has 2 aromatic carbocycles. The molecule has 0 bridgehead atoms. The molecule has 7 heteroatoms. The predicted octanol–water partition coefficient (Wildman–Crippen LogP) is 2.38. The molecule has 146 valence electrons. The van der Waals surface area contributed by atoms with Crippen LogP contribution in [-0.2, 0) is 10.0 Å². The first-order valence-corrected chi connectivity index (χ1v) is 12.8. The van der Waals surface area contributed by atoms with Gasteiger partial charge in [0.1, 0.15) is 0 Å². The number of ether oxygens (including phenoxy) is 1. The molecule has 5 nitrogen and oxygen atoms in total. The second-order valence-electron chi connectivity index (χ2n) is 7.06. The molecule has 0 aliphatic carbocycles. The van der Waals surface area contributed by atoms with E-state index in [4.69, 9.17) is 4.74 Å². The van der Waals surface area contributed by atoms with Crippen molar-refractivity contribution in [1.29, 1.82) is 0 Å². The van der Waals surface area contributed by atoms with Crippen LogP contribution in [0, 0.1) is 6.92 Å². The predicted molar refractivity (Wildman–Crippen MR) is 112 cm³/mol.